The third-order valence-corrected chi connectivity index (χ3v) is 2.89. The summed E-state index contributed by atoms with van der Waals surface area (Å²) in [6.07, 6.45) is 0.900. The number of hydrogen-bond donors (Lipinski definition) is 0. The van der Waals surface area contributed by atoms with Gasteiger partial charge >= 0.3 is 7.12 Å². The third kappa shape index (κ3) is 4.54. The van der Waals surface area contributed by atoms with Crippen molar-refractivity contribution in [3.63, 3.8) is 0 Å². The van der Waals surface area contributed by atoms with Gasteiger partial charge in [0.05, 0.1) is 0 Å². The van der Waals surface area contributed by atoms with Gasteiger partial charge in [-0.3, -0.25) is 0 Å². The quantitative estimate of drug-likeness (QED) is 0.707. The first kappa shape index (κ1) is 13.8. The van der Waals surface area contributed by atoms with Crippen molar-refractivity contribution in [2.75, 3.05) is 13.2 Å². The maximum absolute atomic E-state index is 5.85. The molecule has 0 amide bonds. The van der Waals surface area contributed by atoms with Gasteiger partial charge in [0.1, 0.15) is 0 Å². The van der Waals surface area contributed by atoms with E-state index in [1.54, 1.807) is 0 Å². The van der Waals surface area contributed by atoms with Gasteiger partial charge in [-0.25, -0.2) is 0 Å². The molecule has 2 rings (SSSR count). The van der Waals surface area contributed by atoms with E-state index in [2.05, 4.69) is 12.1 Å². The lowest BCUT2D eigenvalue weighted by atomic mass is 9.79. The van der Waals surface area contributed by atoms with Crippen molar-refractivity contribution in [3.05, 3.63) is 66.2 Å². The molecule has 3 heteroatoms. The Labute approximate surface area is 115 Å². The van der Waals surface area contributed by atoms with E-state index >= 15 is 0 Å². The molecule has 2 aromatic carbocycles. The zero-order chi connectivity index (χ0) is 13.3. The molecule has 0 bridgehead atoms. The molecule has 0 aliphatic carbocycles. The second-order valence-electron chi connectivity index (χ2n) is 4.30. The molecule has 2 aromatic rings. The minimum absolute atomic E-state index is 0.269. The largest absolute Gasteiger partial charge is 0.493 e. The monoisotopic (exact) mass is 254 g/mol. The van der Waals surface area contributed by atoms with Crippen molar-refractivity contribution in [3.8, 4) is 0 Å². The highest BCUT2D eigenvalue weighted by atomic mass is 16.6. The average molecular weight is 254 g/mol. The summed E-state index contributed by atoms with van der Waals surface area (Å²) in [6, 6.07) is 20.4. The maximum atomic E-state index is 5.85. The van der Waals surface area contributed by atoms with E-state index in [1.807, 2.05) is 55.5 Å². The molecule has 2 nitrogen and oxygen atoms in total. The fourth-order valence-electron chi connectivity index (χ4n) is 1.93. The lowest BCUT2D eigenvalue weighted by Gasteiger charge is -2.13. The molecule has 98 valence electrons. The molecule has 0 fully saturated rings. The lowest BCUT2D eigenvalue weighted by molar-refractivity contribution is 0.218. The van der Waals surface area contributed by atoms with Crippen molar-refractivity contribution >= 4 is 12.6 Å². The Morgan fingerprint density at radius 2 is 1.47 bits per heavy atom. The first-order valence-electron chi connectivity index (χ1n) is 6.72. The zero-order valence-corrected chi connectivity index (χ0v) is 11.3. The Kier molecular flexibility index (Phi) is 5.66. The normalized spacial score (nSPS) is 10.4. The second-order valence-corrected chi connectivity index (χ2v) is 4.30. The van der Waals surface area contributed by atoms with E-state index in [0.29, 0.717) is 13.2 Å². The Morgan fingerprint density at radius 1 is 0.842 bits per heavy atom. The fraction of sp³-hybridized carbons (Fsp3) is 0.250. The molecule has 0 aliphatic rings. The fourth-order valence-corrected chi connectivity index (χ4v) is 1.93. The van der Waals surface area contributed by atoms with Crippen molar-refractivity contribution < 1.29 is 9.31 Å². The van der Waals surface area contributed by atoms with Gasteiger partial charge in [-0.2, -0.15) is 0 Å². The predicted molar refractivity (Wildman–Crippen MR) is 79.6 cm³/mol. The van der Waals surface area contributed by atoms with Crippen LogP contribution in [0.15, 0.2) is 60.7 Å². The van der Waals surface area contributed by atoms with Crippen molar-refractivity contribution in [2.45, 2.75) is 13.3 Å². The Hall–Kier alpha value is -1.58. The lowest BCUT2D eigenvalue weighted by Crippen LogP contribution is -2.37. The van der Waals surface area contributed by atoms with Gasteiger partial charge in [0, 0.05) is 13.2 Å². The highest BCUT2D eigenvalue weighted by Crippen LogP contribution is 2.01. The summed E-state index contributed by atoms with van der Waals surface area (Å²) in [6.45, 7) is 3.28. The number of hydrogen-bond acceptors (Lipinski definition) is 2. The van der Waals surface area contributed by atoms with Crippen LogP contribution in [-0.4, -0.2) is 20.3 Å². The third-order valence-electron chi connectivity index (χ3n) is 2.89. The predicted octanol–water partition coefficient (Wildman–Crippen LogP) is 2.68. The highest BCUT2D eigenvalue weighted by Gasteiger charge is 2.19. The van der Waals surface area contributed by atoms with Gasteiger partial charge in [-0.1, -0.05) is 60.7 Å². The van der Waals surface area contributed by atoms with E-state index in [-0.39, 0.29) is 7.12 Å². The first-order chi connectivity index (χ1) is 9.40. The Balaban J connectivity index is 1.87. The summed E-state index contributed by atoms with van der Waals surface area (Å²) >= 11 is 0. The van der Waals surface area contributed by atoms with Crippen molar-refractivity contribution in [1.29, 1.82) is 0 Å². The summed E-state index contributed by atoms with van der Waals surface area (Å²) < 4.78 is 11.5. The summed E-state index contributed by atoms with van der Waals surface area (Å²) in [5.41, 5.74) is 2.35. The molecule has 0 aliphatic heterocycles. The van der Waals surface area contributed by atoms with Crippen LogP contribution in [0.3, 0.4) is 0 Å². The SMILES string of the molecule is CCOB(OCCc1ccccc1)c1ccccc1. The Morgan fingerprint density at radius 3 is 2.11 bits per heavy atom. The topological polar surface area (TPSA) is 18.5 Å². The molecular formula is C16H19BO2. The molecular weight excluding hydrogens is 235 g/mol. The van der Waals surface area contributed by atoms with E-state index in [1.165, 1.54) is 5.56 Å². The van der Waals surface area contributed by atoms with Crippen LogP contribution in [-0.2, 0) is 15.7 Å². The van der Waals surface area contributed by atoms with Crippen LogP contribution in [0.4, 0.5) is 0 Å². The van der Waals surface area contributed by atoms with Crippen LogP contribution in [0.2, 0.25) is 0 Å². The van der Waals surface area contributed by atoms with Crippen LogP contribution >= 0.6 is 0 Å². The molecule has 0 saturated carbocycles. The van der Waals surface area contributed by atoms with Gasteiger partial charge in [0.25, 0.3) is 0 Å². The number of benzene rings is 2. The molecule has 0 atom stereocenters. The van der Waals surface area contributed by atoms with E-state index in [9.17, 15) is 0 Å². The van der Waals surface area contributed by atoms with E-state index in [0.717, 1.165) is 11.9 Å². The van der Waals surface area contributed by atoms with Crippen molar-refractivity contribution in [1.82, 2.24) is 0 Å². The Bertz CT molecular complexity index is 459. The smallest absolute Gasteiger partial charge is 0.408 e. The first-order valence-corrected chi connectivity index (χ1v) is 6.72. The van der Waals surface area contributed by atoms with E-state index in [4.69, 9.17) is 9.31 Å². The molecule has 0 saturated heterocycles. The molecule has 0 unspecified atom stereocenters. The van der Waals surface area contributed by atoms with Gasteiger partial charge in [0.2, 0.25) is 0 Å². The van der Waals surface area contributed by atoms with Gasteiger partial charge in [0.15, 0.2) is 0 Å². The zero-order valence-electron chi connectivity index (χ0n) is 11.3. The standard InChI is InChI=1S/C16H19BO2/c1-2-18-17(16-11-7-4-8-12-16)19-14-13-15-9-5-3-6-10-15/h3-12H,2,13-14H2,1H3. The molecule has 0 aromatic heterocycles. The summed E-state index contributed by atoms with van der Waals surface area (Å²) in [4.78, 5) is 0. The van der Waals surface area contributed by atoms with Crippen LogP contribution in [0.25, 0.3) is 0 Å². The number of rotatable bonds is 7. The molecule has 0 heterocycles. The second kappa shape index (κ2) is 7.77. The summed E-state index contributed by atoms with van der Waals surface area (Å²) in [5, 5.41) is 0. The molecule has 0 spiro atoms. The van der Waals surface area contributed by atoms with E-state index < -0.39 is 0 Å². The molecule has 19 heavy (non-hydrogen) atoms. The van der Waals surface area contributed by atoms with Gasteiger partial charge in [-0.15, -0.1) is 0 Å². The minimum atomic E-state index is -0.269. The molecule has 0 radical (unpaired) electrons. The van der Waals surface area contributed by atoms with Crippen LogP contribution in [0.5, 0.6) is 0 Å². The highest BCUT2D eigenvalue weighted by molar-refractivity contribution is 6.61. The summed E-state index contributed by atoms with van der Waals surface area (Å²) in [5.74, 6) is 0. The van der Waals surface area contributed by atoms with Crippen LogP contribution < -0.4 is 5.46 Å². The minimum Gasteiger partial charge on any atom is -0.408 e. The summed E-state index contributed by atoms with van der Waals surface area (Å²) in [7, 11) is -0.269. The average Bonchev–Trinajstić information content (AvgIpc) is 2.48. The molecule has 0 N–H and O–H groups in total. The van der Waals surface area contributed by atoms with Crippen molar-refractivity contribution in [2.24, 2.45) is 0 Å². The van der Waals surface area contributed by atoms with Crippen LogP contribution in [0, 0.1) is 0 Å². The maximum Gasteiger partial charge on any atom is 0.493 e. The van der Waals surface area contributed by atoms with Crippen LogP contribution in [0.1, 0.15) is 12.5 Å². The van der Waals surface area contributed by atoms with Gasteiger partial charge in [-0.05, 0) is 24.4 Å². The van der Waals surface area contributed by atoms with Gasteiger partial charge < -0.3 is 9.31 Å².